The van der Waals surface area contributed by atoms with Crippen LogP contribution in [0.5, 0.6) is 0 Å². The van der Waals surface area contributed by atoms with Crippen LogP contribution in [-0.4, -0.2) is 47.3 Å². The van der Waals surface area contributed by atoms with Crippen molar-refractivity contribution in [3.8, 4) is 0 Å². The van der Waals surface area contributed by atoms with E-state index in [0.717, 1.165) is 4.90 Å². The quantitative estimate of drug-likeness (QED) is 0.744. The molecule has 0 aromatic rings. The first kappa shape index (κ1) is 16.3. The van der Waals surface area contributed by atoms with Gasteiger partial charge in [0.15, 0.2) is 0 Å². The van der Waals surface area contributed by atoms with Crippen LogP contribution in [0.3, 0.4) is 0 Å². The van der Waals surface area contributed by atoms with Crippen molar-refractivity contribution >= 4 is 12.0 Å². The van der Waals surface area contributed by atoms with Gasteiger partial charge in [-0.1, -0.05) is 6.08 Å². The summed E-state index contributed by atoms with van der Waals surface area (Å²) in [5, 5.41) is 10.1. The Labute approximate surface area is 102 Å². The Balaban J connectivity index is 4.87. The number of urea groups is 1. The topological polar surface area (TPSA) is 69.6 Å². The molecule has 0 fully saturated rings. The van der Waals surface area contributed by atoms with E-state index in [9.17, 15) is 22.8 Å². The van der Waals surface area contributed by atoms with Crippen LogP contribution >= 0.6 is 0 Å². The number of nitrogens with zero attached hydrogens (tertiary/aromatic N) is 1. The molecule has 0 bridgehead atoms. The Morgan fingerprint density at radius 2 is 1.94 bits per heavy atom. The average molecular weight is 268 g/mol. The molecule has 1 unspecified atom stereocenters. The molecule has 8 heteroatoms. The molecule has 0 aliphatic heterocycles. The average Bonchev–Trinajstić information content (AvgIpc) is 2.23. The standard InChI is InChI=1S/C10H15F3N2O3/c1-4-5-6-15(3)8(18)14-9(2,7(16)17)10(11,12)13/h4H,1,5-6H2,2-3H3,(H,14,18)(H,16,17). The van der Waals surface area contributed by atoms with Gasteiger partial charge in [-0.2, -0.15) is 13.2 Å². The molecule has 0 aliphatic carbocycles. The molecule has 0 aromatic heterocycles. The van der Waals surface area contributed by atoms with E-state index in [1.807, 2.05) is 0 Å². The summed E-state index contributed by atoms with van der Waals surface area (Å²) in [7, 11) is 1.26. The minimum atomic E-state index is -5.09. The van der Waals surface area contributed by atoms with E-state index < -0.39 is 23.7 Å². The van der Waals surface area contributed by atoms with Gasteiger partial charge in [-0.05, 0) is 13.3 Å². The fourth-order valence-electron chi connectivity index (χ4n) is 0.941. The van der Waals surface area contributed by atoms with Crippen LogP contribution in [0, 0.1) is 0 Å². The van der Waals surface area contributed by atoms with Crippen LogP contribution in [0.25, 0.3) is 0 Å². The SMILES string of the molecule is C=CCCN(C)C(=O)NC(C)(C(=O)O)C(F)(F)F. The third-order valence-corrected chi connectivity index (χ3v) is 2.37. The highest BCUT2D eigenvalue weighted by Crippen LogP contribution is 2.30. The van der Waals surface area contributed by atoms with Crippen LogP contribution in [0.1, 0.15) is 13.3 Å². The number of hydrogen-bond donors (Lipinski definition) is 2. The Kier molecular flexibility index (Phi) is 5.19. The summed E-state index contributed by atoms with van der Waals surface area (Å²) >= 11 is 0. The van der Waals surface area contributed by atoms with Crippen molar-refractivity contribution in [2.75, 3.05) is 13.6 Å². The van der Waals surface area contributed by atoms with Gasteiger partial charge in [0.2, 0.25) is 5.54 Å². The van der Waals surface area contributed by atoms with Gasteiger partial charge in [-0.15, -0.1) is 6.58 Å². The molecule has 0 spiro atoms. The fraction of sp³-hybridized carbons (Fsp3) is 0.600. The predicted octanol–water partition coefficient (Wildman–Crippen LogP) is 1.61. The lowest BCUT2D eigenvalue weighted by Gasteiger charge is -2.30. The third-order valence-electron chi connectivity index (χ3n) is 2.37. The molecule has 0 radical (unpaired) electrons. The Hall–Kier alpha value is -1.73. The minimum Gasteiger partial charge on any atom is -0.479 e. The zero-order valence-electron chi connectivity index (χ0n) is 10.0. The summed E-state index contributed by atoms with van der Waals surface area (Å²) in [4.78, 5) is 23.1. The van der Waals surface area contributed by atoms with Gasteiger partial charge >= 0.3 is 18.2 Å². The zero-order chi connectivity index (χ0) is 14.6. The van der Waals surface area contributed by atoms with Crippen molar-refractivity contribution in [2.45, 2.75) is 25.1 Å². The second kappa shape index (κ2) is 5.74. The van der Waals surface area contributed by atoms with Gasteiger partial charge < -0.3 is 15.3 Å². The van der Waals surface area contributed by atoms with Crippen molar-refractivity contribution < 1.29 is 27.9 Å². The second-order valence-electron chi connectivity index (χ2n) is 3.86. The number of nitrogens with one attached hydrogen (secondary N) is 1. The van der Waals surface area contributed by atoms with E-state index >= 15 is 0 Å². The normalized spacial score (nSPS) is 14.5. The predicted molar refractivity (Wildman–Crippen MR) is 58.1 cm³/mol. The van der Waals surface area contributed by atoms with Crippen molar-refractivity contribution in [2.24, 2.45) is 0 Å². The smallest absolute Gasteiger partial charge is 0.422 e. The minimum absolute atomic E-state index is 0.142. The van der Waals surface area contributed by atoms with Crippen LogP contribution in [0.4, 0.5) is 18.0 Å². The Morgan fingerprint density at radius 1 is 1.44 bits per heavy atom. The van der Waals surface area contributed by atoms with E-state index in [-0.39, 0.29) is 6.54 Å². The Morgan fingerprint density at radius 3 is 2.28 bits per heavy atom. The first-order chi connectivity index (χ1) is 8.06. The largest absolute Gasteiger partial charge is 0.479 e. The second-order valence-corrected chi connectivity index (χ2v) is 3.86. The maximum atomic E-state index is 12.6. The zero-order valence-corrected chi connectivity index (χ0v) is 10.0. The summed E-state index contributed by atoms with van der Waals surface area (Å²) in [6.45, 7) is 3.94. The fourth-order valence-corrected chi connectivity index (χ4v) is 0.941. The molecule has 104 valence electrons. The van der Waals surface area contributed by atoms with Crippen molar-refractivity contribution in [1.82, 2.24) is 10.2 Å². The molecule has 0 saturated heterocycles. The van der Waals surface area contributed by atoms with Gasteiger partial charge in [-0.25, -0.2) is 9.59 Å². The summed E-state index contributed by atoms with van der Waals surface area (Å²) < 4.78 is 37.8. The van der Waals surface area contributed by atoms with E-state index in [0.29, 0.717) is 13.3 Å². The number of carbonyl (C=O) groups is 2. The molecule has 0 aliphatic rings. The van der Waals surface area contributed by atoms with E-state index in [1.165, 1.54) is 18.4 Å². The number of aliphatic carboxylic acids is 1. The first-order valence-corrected chi connectivity index (χ1v) is 5.00. The highest BCUT2D eigenvalue weighted by atomic mass is 19.4. The molecular weight excluding hydrogens is 253 g/mol. The summed E-state index contributed by atoms with van der Waals surface area (Å²) in [5.74, 6) is -2.17. The summed E-state index contributed by atoms with van der Waals surface area (Å²) in [5.41, 5.74) is -3.31. The van der Waals surface area contributed by atoms with E-state index in [4.69, 9.17) is 5.11 Å². The number of carbonyl (C=O) groups excluding carboxylic acids is 1. The lowest BCUT2D eigenvalue weighted by Crippen LogP contribution is -2.63. The molecule has 18 heavy (non-hydrogen) atoms. The molecular formula is C10H15F3N2O3. The summed E-state index contributed by atoms with van der Waals surface area (Å²) in [6, 6.07) is -1.11. The first-order valence-electron chi connectivity index (χ1n) is 5.00. The monoisotopic (exact) mass is 268 g/mol. The maximum Gasteiger partial charge on any atom is 0.422 e. The van der Waals surface area contributed by atoms with E-state index in [2.05, 4.69) is 6.58 Å². The van der Waals surface area contributed by atoms with Crippen LogP contribution in [0.15, 0.2) is 12.7 Å². The van der Waals surface area contributed by atoms with Crippen molar-refractivity contribution in [3.05, 3.63) is 12.7 Å². The number of halogens is 3. The summed E-state index contributed by atoms with van der Waals surface area (Å²) in [6.07, 6.45) is -3.21. The maximum absolute atomic E-state index is 12.6. The highest BCUT2D eigenvalue weighted by molar-refractivity contribution is 5.86. The lowest BCUT2D eigenvalue weighted by molar-refractivity contribution is -0.203. The number of hydrogen-bond acceptors (Lipinski definition) is 2. The van der Waals surface area contributed by atoms with Crippen LogP contribution < -0.4 is 5.32 Å². The molecule has 2 amide bonds. The number of carboxylic acids is 1. The molecule has 0 heterocycles. The molecule has 1 atom stereocenters. The Bertz CT molecular complexity index is 344. The van der Waals surface area contributed by atoms with Crippen LogP contribution in [-0.2, 0) is 4.79 Å². The highest BCUT2D eigenvalue weighted by Gasteiger charge is 2.58. The molecule has 2 N–H and O–H groups in total. The van der Waals surface area contributed by atoms with E-state index in [1.54, 1.807) is 0 Å². The van der Waals surface area contributed by atoms with Crippen LogP contribution in [0.2, 0.25) is 0 Å². The molecule has 0 saturated carbocycles. The van der Waals surface area contributed by atoms with Gasteiger partial charge in [0.1, 0.15) is 0 Å². The molecule has 0 aromatic carbocycles. The number of amides is 2. The van der Waals surface area contributed by atoms with Gasteiger partial charge in [-0.3, -0.25) is 0 Å². The van der Waals surface area contributed by atoms with Crippen molar-refractivity contribution in [1.29, 1.82) is 0 Å². The molecule has 5 nitrogen and oxygen atoms in total. The van der Waals surface area contributed by atoms with Gasteiger partial charge in [0, 0.05) is 13.6 Å². The molecule has 0 rings (SSSR count). The lowest BCUT2D eigenvalue weighted by atomic mass is 10.0. The number of alkyl halides is 3. The third kappa shape index (κ3) is 3.64. The number of rotatable bonds is 5. The van der Waals surface area contributed by atoms with Crippen molar-refractivity contribution in [3.63, 3.8) is 0 Å². The van der Waals surface area contributed by atoms with Gasteiger partial charge in [0.25, 0.3) is 0 Å². The van der Waals surface area contributed by atoms with Gasteiger partial charge in [0.05, 0.1) is 0 Å². The number of carboxylic acid groups (broad SMARTS) is 1.